The van der Waals surface area contributed by atoms with Gasteiger partial charge in [-0.3, -0.25) is 4.98 Å². The van der Waals surface area contributed by atoms with Crippen molar-refractivity contribution in [2.45, 2.75) is 12.5 Å². The van der Waals surface area contributed by atoms with Gasteiger partial charge in [-0.1, -0.05) is 18.2 Å². The van der Waals surface area contributed by atoms with Crippen LogP contribution in [0.15, 0.2) is 54.9 Å². The highest BCUT2D eigenvalue weighted by molar-refractivity contribution is 7.19. The molecule has 19 heavy (non-hydrogen) atoms. The average Bonchev–Trinajstić information content (AvgIpc) is 2.89. The Hall–Kier alpha value is -1.71. The lowest BCUT2D eigenvalue weighted by atomic mass is 10.1. The van der Waals surface area contributed by atoms with E-state index in [-0.39, 0.29) is 0 Å². The van der Waals surface area contributed by atoms with Crippen LogP contribution in [-0.2, 0) is 6.42 Å². The van der Waals surface area contributed by atoms with Crippen LogP contribution in [0, 0.1) is 0 Å². The Labute approximate surface area is 117 Å². The van der Waals surface area contributed by atoms with Crippen LogP contribution in [0.4, 0.5) is 0 Å². The number of benzene rings is 1. The zero-order valence-corrected chi connectivity index (χ0v) is 11.7. The largest absolute Gasteiger partial charge is 0.312 e. The summed E-state index contributed by atoms with van der Waals surface area (Å²) in [7, 11) is 2.02. The zero-order chi connectivity index (χ0) is 13.1. The highest BCUT2D eigenvalue weighted by Gasteiger charge is 2.13. The minimum absolute atomic E-state index is 0.361. The fourth-order valence-corrected chi connectivity index (χ4v) is 3.45. The van der Waals surface area contributed by atoms with E-state index in [1.165, 1.54) is 20.5 Å². The second-order valence-electron chi connectivity index (χ2n) is 4.59. The van der Waals surface area contributed by atoms with Gasteiger partial charge in [-0.25, -0.2) is 0 Å². The Morgan fingerprint density at radius 3 is 2.68 bits per heavy atom. The third-order valence-corrected chi connectivity index (χ3v) is 4.56. The summed E-state index contributed by atoms with van der Waals surface area (Å²) >= 11 is 1.87. The Bertz CT molecular complexity index is 628. The number of aromatic nitrogens is 1. The van der Waals surface area contributed by atoms with Crippen LogP contribution >= 0.6 is 11.3 Å². The molecule has 96 valence electrons. The van der Waals surface area contributed by atoms with Crippen molar-refractivity contribution < 1.29 is 0 Å². The molecule has 3 rings (SSSR count). The number of likely N-dealkylation sites (N-methyl/N-ethyl adjacent to an activating group) is 1. The number of pyridine rings is 1. The molecule has 0 aliphatic carbocycles. The van der Waals surface area contributed by atoms with E-state index in [1.807, 2.05) is 30.8 Å². The number of fused-ring (bicyclic) bond motifs is 1. The van der Waals surface area contributed by atoms with Gasteiger partial charge in [-0.05, 0) is 48.7 Å². The van der Waals surface area contributed by atoms with Crippen molar-refractivity contribution in [2.75, 3.05) is 7.05 Å². The number of rotatable bonds is 4. The molecule has 0 saturated carbocycles. The molecule has 2 aromatic heterocycles. The van der Waals surface area contributed by atoms with Gasteiger partial charge >= 0.3 is 0 Å². The van der Waals surface area contributed by atoms with Crippen LogP contribution in [0.5, 0.6) is 0 Å². The van der Waals surface area contributed by atoms with Gasteiger partial charge < -0.3 is 5.32 Å². The topological polar surface area (TPSA) is 24.9 Å². The zero-order valence-electron chi connectivity index (χ0n) is 10.8. The first-order valence-electron chi connectivity index (χ1n) is 6.41. The van der Waals surface area contributed by atoms with E-state index < -0.39 is 0 Å². The Morgan fingerprint density at radius 1 is 1.16 bits per heavy atom. The Kier molecular flexibility index (Phi) is 3.58. The van der Waals surface area contributed by atoms with Crippen molar-refractivity contribution in [1.82, 2.24) is 10.3 Å². The SMILES string of the molecule is CNC(Cc1ccncc1)c1cc2ccccc2s1. The summed E-state index contributed by atoms with van der Waals surface area (Å²) < 4.78 is 1.35. The second-order valence-corrected chi connectivity index (χ2v) is 5.70. The summed E-state index contributed by atoms with van der Waals surface area (Å²) in [6, 6.07) is 15.4. The normalized spacial score (nSPS) is 12.7. The monoisotopic (exact) mass is 268 g/mol. The molecule has 1 N–H and O–H groups in total. The predicted octanol–water partition coefficient (Wildman–Crippen LogP) is 3.80. The van der Waals surface area contributed by atoms with E-state index in [0.29, 0.717) is 6.04 Å². The van der Waals surface area contributed by atoms with Crippen LogP contribution in [0.1, 0.15) is 16.5 Å². The van der Waals surface area contributed by atoms with Gasteiger partial charge in [0.1, 0.15) is 0 Å². The summed E-state index contributed by atoms with van der Waals surface area (Å²) in [6.45, 7) is 0. The molecule has 1 unspecified atom stereocenters. The van der Waals surface area contributed by atoms with Crippen LogP contribution in [-0.4, -0.2) is 12.0 Å². The first-order valence-corrected chi connectivity index (χ1v) is 7.23. The van der Waals surface area contributed by atoms with E-state index in [1.54, 1.807) is 0 Å². The molecule has 0 aliphatic heterocycles. The maximum Gasteiger partial charge on any atom is 0.0453 e. The maximum absolute atomic E-state index is 4.07. The smallest absolute Gasteiger partial charge is 0.0453 e. The molecule has 0 radical (unpaired) electrons. The highest BCUT2D eigenvalue weighted by atomic mass is 32.1. The van der Waals surface area contributed by atoms with E-state index >= 15 is 0 Å². The maximum atomic E-state index is 4.07. The first-order chi connectivity index (χ1) is 9.36. The van der Waals surface area contributed by atoms with Gasteiger partial charge in [0.15, 0.2) is 0 Å². The Morgan fingerprint density at radius 2 is 1.95 bits per heavy atom. The molecule has 0 spiro atoms. The lowest BCUT2D eigenvalue weighted by Gasteiger charge is -2.14. The molecule has 0 fully saturated rings. The summed E-state index contributed by atoms with van der Waals surface area (Å²) in [5, 5.41) is 4.75. The quantitative estimate of drug-likeness (QED) is 0.778. The minimum atomic E-state index is 0.361. The molecule has 1 atom stereocenters. The molecule has 0 bridgehead atoms. The van der Waals surface area contributed by atoms with E-state index in [4.69, 9.17) is 0 Å². The van der Waals surface area contributed by atoms with Crippen LogP contribution < -0.4 is 5.32 Å². The van der Waals surface area contributed by atoms with Gasteiger partial charge in [0, 0.05) is 28.0 Å². The summed E-state index contributed by atoms with van der Waals surface area (Å²) in [6.07, 6.45) is 4.70. The number of nitrogens with zero attached hydrogens (tertiary/aromatic N) is 1. The van der Waals surface area contributed by atoms with Crippen molar-refractivity contribution in [2.24, 2.45) is 0 Å². The van der Waals surface area contributed by atoms with Crippen molar-refractivity contribution in [3.63, 3.8) is 0 Å². The molecule has 3 heteroatoms. The van der Waals surface area contributed by atoms with Crippen molar-refractivity contribution >= 4 is 21.4 Å². The van der Waals surface area contributed by atoms with Crippen LogP contribution in [0.2, 0.25) is 0 Å². The Balaban J connectivity index is 1.89. The molecule has 2 heterocycles. The van der Waals surface area contributed by atoms with Gasteiger partial charge in [-0.15, -0.1) is 11.3 Å². The third kappa shape index (κ3) is 2.67. The molecular formula is C16H16N2S. The van der Waals surface area contributed by atoms with Crippen molar-refractivity contribution in [1.29, 1.82) is 0 Å². The fourth-order valence-electron chi connectivity index (χ4n) is 2.27. The third-order valence-electron chi connectivity index (χ3n) is 3.33. The predicted molar refractivity (Wildman–Crippen MR) is 81.6 cm³/mol. The molecule has 0 aliphatic rings. The highest BCUT2D eigenvalue weighted by Crippen LogP contribution is 2.31. The van der Waals surface area contributed by atoms with Gasteiger partial charge in [-0.2, -0.15) is 0 Å². The molecule has 0 amide bonds. The average molecular weight is 268 g/mol. The number of hydrogen-bond donors (Lipinski definition) is 1. The molecule has 2 nitrogen and oxygen atoms in total. The lowest BCUT2D eigenvalue weighted by molar-refractivity contribution is 0.602. The van der Waals surface area contributed by atoms with Gasteiger partial charge in [0.2, 0.25) is 0 Å². The molecule has 1 aromatic carbocycles. The number of hydrogen-bond acceptors (Lipinski definition) is 3. The first kappa shape index (κ1) is 12.3. The minimum Gasteiger partial charge on any atom is -0.312 e. The van der Waals surface area contributed by atoms with Gasteiger partial charge in [0.05, 0.1) is 0 Å². The standard InChI is InChI=1S/C16H16N2S/c1-17-14(10-12-6-8-18-9-7-12)16-11-13-4-2-3-5-15(13)19-16/h2-9,11,14,17H,10H2,1H3. The number of nitrogens with one attached hydrogen (secondary N) is 1. The summed E-state index contributed by atoms with van der Waals surface area (Å²) in [5.74, 6) is 0. The van der Waals surface area contributed by atoms with Crippen molar-refractivity contribution in [3.05, 3.63) is 65.3 Å². The molecule has 3 aromatic rings. The van der Waals surface area contributed by atoms with Crippen molar-refractivity contribution in [3.8, 4) is 0 Å². The summed E-state index contributed by atoms with van der Waals surface area (Å²) in [5.41, 5.74) is 1.31. The molecular weight excluding hydrogens is 252 g/mol. The van der Waals surface area contributed by atoms with Crippen LogP contribution in [0.25, 0.3) is 10.1 Å². The van der Waals surface area contributed by atoms with E-state index in [9.17, 15) is 0 Å². The second kappa shape index (κ2) is 5.51. The fraction of sp³-hybridized carbons (Fsp3) is 0.188. The lowest BCUT2D eigenvalue weighted by Crippen LogP contribution is -2.17. The van der Waals surface area contributed by atoms with E-state index in [2.05, 4.69) is 52.8 Å². The van der Waals surface area contributed by atoms with Crippen LogP contribution in [0.3, 0.4) is 0 Å². The molecule has 0 saturated heterocycles. The summed E-state index contributed by atoms with van der Waals surface area (Å²) in [4.78, 5) is 5.46. The van der Waals surface area contributed by atoms with Gasteiger partial charge in [0.25, 0.3) is 0 Å². The van der Waals surface area contributed by atoms with E-state index in [0.717, 1.165) is 6.42 Å². The number of thiophene rings is 1.